The lowest BCUT2D eigenvalue weighted by atomic mass is 10.1. The minimum absolute atomic E-state index is 0.0393. The highest BCUT2D eigenvalue weighted by Gasteiger charge is 2.39. The first-order valence-electron chi connectivity index (χ1n) is 11.1. The third-order valence-corrected chi connectivity index (χ3v) is 6.01. The van der Waals surface area contributed by atoms with E-state index in [1.165, 1.54) is 42.2 Å². The van der Waals surface area contributed by atoms with E-state index in [9.17, 15) is 27.9 Å². The number of fused-ring (bicyclic) bond motifs is 1. The van der Waals surface area contributed by atoms with Gasteiger partial charge in [0.05, 0.1) is 16.9 Å². The van der Waals surface area contributed by atoms with Crippen LogP contribution in [0.3, 0.4) is 0 Å². The first-order chi connectivity index (χ1) is 17.4. The zero-order valence-corrected chi connectivity index (χ0v) is 20.0. The van der Waals surface area contributed by atoms with Crippen LogP contribution in [0.5, 0.6) is 5.75 Å². The normalized spacial score (nSPS) is 14.8. The number of carboxylic acid groups (broad SMARTS) is 1. The molecule has 4 rings (SSSR count). The highest BCUT2D eigenvalue weighted by Crippen LogP contribution is 2.40. The number of carbonyl (C=O) groups excluding carboxylic acids is 1. The van der Waals surface area contributed by atoms with E-state index in [0.29, 0.717) is 11.3 Å². The minimum atomic E-state index is -4.61. The fourth-order valence-electron chi connectivity index (χ4n) is 3.81. The van der Waals surface area contributed by atoms with Crippen LogP contribution in [0.25, 0.3) is 6.08 Å². The van der Waals surface area contributed by atoms with Gasteiger partial charge in [0.1, 0.15) is 5.75 Å². The van der Waals surface area contributed by atoms with Gasteiger partial charge in [0.2, 0.25) is 0 Å². The average molecular weight is 509 g/mol. The van der Waals surface area contributed by atoms with Crippen LogP contribution in [0.2, 0.25) is 0 Å². The number of nitrogens with zero attached hydrogens (tertiary/aromatic N) is 2. The Hall–Kier alpha value is -4.60. The van der Waals surface area contributed by atoms with Gasteiger partial charge in [0.15, 0.2) is 5.71 Å². The molecular formula is C27H22F3N3O4. The van der Waals surface area contributed by atoms with Crippen molar-refractivity contribution in [3.63, 3.8) is 0 Å². The Morgan fingerprint density at radius 2 is 1.76 bits per heavy atom. The summed E-state index contributed by atoms with van der Waals surface area (Å²) in [6.45, 7) is 5.13. The molecule has 7 nitrogen and oxygen atoms in total. The van der Waals surface area contributed by atoms with Gasteiger partial charge in [-0.15, -0.1) is 0 Å². The number of hydrogen-bond donors (Lipinski definition) is 3. The van der Waals surface area contributed by atoms with Crippen molar-refractivity contribution in [1.82, 2.24) is 0 Å². The lowest BCUT2D eigenvalue weighted by Crippen LogP contribution is -2.26. The van der Waals surface area contributed by atoms with Crippen LogP contribution in [0.4, 0.5) is 30.2 Å². The number of aliphatic carboxylic acids is 1. The quantitative estimate of drug-likeness (QED) is 0.222. The predicted molar refractivity (Wildman–Crippen MR) is 134 cm³/mol. The molecule has 1 amide bonds. The molecular weight excluding hydrogens is 487 g/mol. The Labute approximate surface area is 210 Å². The lowest BCUT2D eigenvalue weighted by molar-refractivity contribution is -0.137. The first kappa shape index (κ1) is 25.5. The van der Waals surface area contributed by atoms with E-state index in [-0.39, 0.29) is 34.0 Å². The second-order valence-electron chi connectivity index (χ2n) is 8.62. The fourth-order valence-corrected chi connectivity index (χ4v) is 3.81. The summed E-state index contributed by atoms with van der Waals surface area (Å²) in [6.07, 6.45) is -3.24. The molecule has 0 bridgehead atoms. The van der Waals surface area contributed by atoms with Crippen LogP contribution < -0.4 is 10.3 Å². The van der Waals surface area contributed by atoms with Gasteiger partial charge in [-0.05, 0) is 86.0 Å². The van der Waals surface area contributed by atoms with Crippen LogP contribution in [-0.2, 0) is 15.8 Å². The van der Waals surface area contributed by atoms with Crippen molar-refractivity contribution in [1.29, 1.82) is 0 Å². The summed E-state index contributed by atoms with van der Waals surface area (Å²) in [5.74, 6) is -2.00. The van der Waals surface area contributed by atoms with Crippen molar-refractivity contribution in [2.45, 2.75) is 26.9 Å². The standard InChI is InChI=1S/C27H22F3N3O4/c1-14-4-7-19(11-15(14)2)33-22-13-18(27(28,29)30)6-8-20(22)24(25(33)35)32-31-21-9-5-17(12-23(21)34)10-16(3)26(36)37/h4-13,31,34H,1-3H3,(H,36,37). The molecule has 10 heteroatoms. The molecule has 0 atom stereocenters. The number of nitrogens with one attached hydrogen (secondary N) is 1. The van der Waals surface area contributed by atoms with Gasteiger partial charge < -0.3 is 10.2 Å². The second-order valence-corrected chi connectivity index (χ2v) is 8.62. The van der Waals surface area contributed by atoms with E-state index in [4.69, 9.17) is 5.11 Å². The van der Waals surface area contributed by atoms with E-state index >= 15 is 0 Å². The number of hydrazone groups is 1. The number of halogens is 3. The number of aryl methyl sites for hydroxylation is 2. The molecule has 0 radical (unpaired) electrons. The highest BCUT2D eigenvalue weighted by atomic mass is 19.4. The SMILES string of the molecule is CC(=Cc1ccc(NN=C2C(=O)N(c3ccc(C)c(C)c3)c3cc(C(F)(F)F)ccc32)c(O)c1)C(=O)O. The maximum Gasteiger partial charge on any atom is 0.416 e. The third-order valence-electron chi connectivity index (χ3n) is 6.01. The number of alkyl halides is 3. The molecule has 0 saturated heterocycles. The number of rotatable bonds is 5. The summed E-state index contributed by atoms with van der Waals surface area (Å²) in [5.41, 5.74) is 4.62. The molecule has 0 fully saturated rings. The Kier molecular flexibility index (Phi) is 6.51. The summed E-state index contributed by atoms with van der Waals surface area (Å²) < 4.78 is 40.4. The molecule has 3 aromatic carbocycles. The van der Waals surface area contributed by atoms with E-state index in [2.05, 4.69) is 10.5 Å². The topological polar surface area (TPSA) is 102 Å². The average Bonchev–Trinajstić information content (AvgIpc) is 3.10. The molecule has 0 aliphatic carbocycles. The molecule has 1 aliphatic rings. The van der Waals surface area contributed by atoms with Crippen LogP contribution in [-0.4, -0.2) is 27.8 Å². The van der Waals surface area contributed by atoms with Crippen LogP contribution in [0, 0.1) is 13.8 Å². The molecule has 3 aromatic rings. The monoisotopic (exact) mass is 509 g/mol. The molecule has 37 heavy (non-hydrogen) atoms. The summed E-state index contributed by atoms with van der Waals surface area (Å²) in [6, 6.07) is 12.4. The Bertz CT molecular complexity index is 1490. The van der Waals surface area contributed by atoms with Gasteiger partial charge >= 0.3 is 12.1 Å². The Morgan fingerprint density at radius 3 is 2.38 bits per heavy atom. The van der Waals surface area contributed by atoms with Crippen molar-refractivity contribution in [2.75, 3.05) is 10.3 Å². The van der Waals surface area contributed by atoms with Gasteiger partial charge in [0, 0.05) is 16.8 Å². The van der Waals surface area contributed by atoms with E-state index in [1.807, 2.05) is 13.8 Å². The van der Waals surface area contributed by atoms with Crippen LogP contribution in [0.1, 0.15) is 34.7 Å². The van der Waals surface area contributed by atoms with Gasteiger partial charge in [-0.3, -0.25) is 15.1 Å². The molecule has 1 heterocycles. The number of benzene rings is 3. The van der Waals surface area contributed by atoms with E-state index in [0.717, 1.165) is 23.3 Å². The zero-order chi connectivity index (χ0) is 27.1. The number of amides is 1. The summed E-state index contributed by atoms with van der Waals surface area (Å²) >= 11 is 0. The zero-order valence-electron chi connectivity index (χ0n) is 20.0. The number of phenols is 1. The third kappa shape index (κ3) is 5.04. The number of carboxylic acids is 1. The van der Waals surface area contributed by atoms with E-state index < -0.39 is 23.6 Å². The second kappa shape index (κ2) is 9.45. The highest BCUT2D eigenvalue weighted by molar-refractivity contribution is 6.55. The summed E-state index contributed by atoms with van der Waals surface area (Å²) in [7, 11) is 0. The number of carbonyl (C=O) groups is 2. The molecule has 0 spiro atoms. The fraction of sp³-hybridized carbons (Fsp3) is 0.148. The maximum absolute atomic E-state index is 13.5. The molecule has 0 unspecified atom stereocenters. The molecule has 0 saturated carbocycles. The van der Waals surface area contributed by atoms with Gasteiger partial charge in [-0.1, -0.05) is 12.1 Å². The number of phenolic OH excluding ortho intramolecular Hbond substituents is 1. The smallest absolute Gasteiger partial charge is 0.416 e. The molecule has 190 valence electrons. The molecule has 3 N–H and O–H groups in total. The van der Waals surface area contributed by atoms with Gasteiger partial charge in [-0.2, -0.15) is 18.3 Å². The van der Waals surface area contributed by atoms with Crippen molar-refractivity contribution in [3.8, 4) is 5.75 Å². The van der Waals surface area contributed by atoms with Crippen molar-refractivity contribution in [2.24, 2.45) is 5.10 Å². The van der Waals surface area contributed by atoms with Crippen LogP contribution >= 0.6 is 0 Å². The summed E-state index contributed by atoms with van der Waals surface area (Å²) in [4.78, 5) is 25.6. The van der Waals surface area contributed by atoms with Crippen molar-refractivity contribution < 1.29 is 33.0 Å². The number of aromatic hydroxyl groups is 1. The maximum atomic E-state index is 13.5. The summed E-state index contributed by atoms with van der Waals surface area (Å²) in [5, 5.41) is 23.5. The predicted octanol–water partition coefficient (Wildman–Crippen LogP) is 6.01. The largest absolute Gasteiger partial charge is 0.506 e. The van der Waals surface area contributed by atoms with Crippen molar-refractivity contribution in [3.05, 3.63) is 88.0 Å². The lowest BCUT2D eigenvalue weighted by Gasteiger charge is -2.19. The molecule has 1 aliphatic heterocycles. The van der Waals surface area contributed by atoms with Gasteiger partial charge in [-0.25, -0.2) is 4.79 Å². The Morgan fingerprint density at radius 1 is 1.03 bits per heavy atom. The molecule has 0 aromatic heterocycles. The van der Waals surface area contributed by atoms with Gasteiger partial charge in [0.25, 0.3) is 5.91 Å². The van der Waals surface area contributed by atoms with Crippen molar-refractivity contribution >= 4 is 40.7 Å². The van der Waals surface area contributed by atoms with Crippen LogP contribution in [0.15, 0.2) is 65.3 Å². The first-order valence-corrected chi connectivity index (χ1v) is 11.1. The number of hydrogen-bond acceptors (Lipinski definition) is 5. The number of anilines is 3. The van der Waals surface area contributed by atoms with E-state index in [1.54, 1.807) is 18.2 Å². The minimum Gasteiger partial charge on any atom is -0.506 e. The Balaban J connectivity index is 1.75.